The first-order chi connectivity index (χ1) is 9.81. The summed E-state index contributed by atoms with van der Waals surface area (Å²) in [7, 11) is 0. The molecule has 0 aliphatic heterocycles. The maximum Gasteiger partial charge on any atom is 0.223 e. The van der Waals surface area contributed by atoms with Crippen LogP contribution in [0, 0.1) is 0 Å². The van der Waals surface area contributed by atoms with Crippen LogP contribution in [0.3, 0.4) is 0 Å². The Hall–Kier alpha value is -2.04. The summed E-state index contributed by atoms with van der Waals surface area (Å²) < 4.78 is 0. The molecular formula is C15H19N5. The van der Waals surface area contributed by atoms with E-state index < -0.39 is 0 Å². The van der Waals surface area contributed by atoms with Crippen LogP contribution in [0.1, 0.15) is 55.2 Å². The number of anilines is 1. The van der Waals surface area contributed by atoms with Gasteiger partial charge in [0, 0.05) is 24.7 Å². The summed E-state index contributed by atoms with van der Waals surface area (Å²) in [6, 6.07) is 3.94. The van der Waals surface area contributed by atoms with Crippen molar-refractivity contribution in [3.8, 4) is 0 Å². The molecule has 2 N–H and O–H groups in total. The Morgan fingerprint density at radius 3 is 2.70 bits per heavy atom. The van der Waals surface area contributed by atoms with Crippen LogP contribution < -0.4 is 5.73 Å². The Morgan fingerprint density at radius 2 is 1.95 bits per heavy atom. The van der Waals surface area contributed by atoms with E-state index in [0.29, 0.717) is 18.3 Å². The maximum atomic E-state index is 5.84. The quantitative estimate of drug-likeness (QED) is 0.926. The van der Waals surface area contributed by atoms with E-state index in [1.54, 1.807) is 6.20 Å². The zero-order chi connectivity index (χ0) is 13.8. The molecule has 2 aromatic rings. The van der Waals surface area contributed by atoms with Gasteiger partial charge in [0.15, 0.2) is 0 Å². The highest BCUT2D eigenvalue weighted by atomic mass is 15.1. The number of hydrogen-bond donors (Lipinski definition) is 1. The van der Waals surface area contributed by atoms with Crippen molar-refractivity contribution in [1.82, 2.24) is 19.9 Å². The van der Waals surface area contributed by atoms with Gasteiger partial charge in [0.1, 0.15) is 11.6 Å². The van der Waals surface area contributed by atoms with E-state index >= 15 is 0 Å². The van der Waals surface area contributed by atoms with Gasteiger partial charge in [0.25, 0.3) is 0 Å². The van der Waals surface area contributed by atoms with Crippen molar-refractivity contribution in [3.05, 3.63) is 41.7 Å². The third kappa shape index (κ3) is 3.10. The van der Waals surface area contributed by atoms with Crippen LogP contribution >= 0.6 is 0 Å². The molecular weight excluding hydrogens is 250 g/mol. The van der Waals surface area contributed by atoms with Crippen molar-refractivity contribution in [2.45, 2.75) is 44.4 Å². The molecule has 104 valence electrons. The molecule has 0 aromatic carbocycles. The number of nitrogens with zero attached hydrogens (tertiary/aromatic N) is 4. The van der Waals surface area contributed by atoms with Crippen LogP contribution in [0.2, 0.25) is 0 Å². The predicted molar refractivity (Wildman–Crippen MR) is 77.1 cm³/mol. The fourth-order valence-electron chi connectivity index (χ4n) is 2.76. The van der Waals surface area contributed by atoms with Crippen molar-refractivity contribution in [1.29, 1.82) is 0 Å². The van der Waals surface area contributed by atoms with E-state index in [2.05, 4.69) is 19.9 Å². The topological polar surface area (TPSA) is 77.6 Å². The standard InChI is InChI=1S/C15H19N5/c16-15-19-13(9-11-5-4-8-17-10-11)18-14(20-15)12-6-2-1-3-7-12/h4-5,8,10,12H,1-3,6-7,9H2,(H2,16,18,19,20). The lowest BCUT2D eigenvalue weighted by Crippen LogP contribution is -2.13. The highest BCUT2D eigenvalue weighted by Gasteiger charge is 2.19. The van der Waals surface area contributed by atoms with Gasteiger partial charge < -0.3 is 5.73 Å². The number of nitrogen functional groups attached to an aromatic ring is 1. The van der Waals surface area contributed by atoms with Gasteiger partial charge in [-0.25, -0.2) is 4.98 Å². The molecule has 0 radical (unpaired) electrons. The van der Waals surface area contributed by atoms with Gasteiger partial charge >= 0.3 is 0 Å². The van der Waals surface area contributed by atoms with Crippen molar-refractivity contribution in [3.63, 3.8) is 0 Å². The van der Waals surface area contributed by atoms with E-state index in [-0.39, 0.29) is 0 Å². The molecule has 20 heavy (non-hydrogen) atoms. The summed E-state index contributed by atoms with van der Waals surface area (Å²) in [6.07, 6.45) is 10.4. The van der Waals surface area contributed by atoms with Crippen molar-refractivity contribution in [2.75, 3.05) is 5.73 Å². The van der Waals surface area contributed by atoms with E-state index in [1.807, 2.05) is 18.3 Å². The largest absolute Gasteiger partial charge is 0.368 e. The minimum absolute atomic E-state index is 0.333. The number of nitrogens with two attached hydrogens (primary N) is 1. The second-order valence-electron chi connectivity index (χ2n) is 5.34. The van der Waals surface area contributed by atoms with Crippen LogP contribution in [0.5, 0.6) is 0 Å². The molecule has 2 heterocycles. The average molecular weight is 269 g/mol. The van der Waals surface area contributed by atoms with Crippen LogP contribution in [0.4, 0.5) is 5.95 Å². The van der Waals surface area contributed by atoms with Crippen LogP contribution in [-0.4, -0.2) is 19.9 Å². The molecule has 1 aliphatic rings. The summed E-state index contributed by atoms with van der Waals surface area (Å²) in [4.78, 5) is 17.3. The monoisotopic (exact) mass is 269 g/mol. The van der Waals surface area contributed by atoms with Gasteiger partial charge in [-0.15, -0.1) is 0 Å². The average Bonchev–Trinajstić information content (AvgIpc) is 2.49. The fourth-order valence-corrected chi connectivity index (χ4v) is 2.76. The molecule has 0 amide bonds. The van der Waals surface area contributed by atoms with Crippen molar-refractivity contribution >= 4 is 5.95 Å². The number of rotatable bonds is 3. The Labute approximate surface area is 118 Å². The van der Waals surface area contributed by atoms with Gasteiger partial charge in [0.2, 0.25) is 5.95 Å². The van der Waals surface area contributed by atoms with Gasteiger partial charge in [-0.1, -0.05) is 25.3 Å². The molecule has 0 unspecified atom stereocenters. The van der Waals surface area contributed by atoms with Gasteiger partial charge in [-0.05, 0) is 24.5 Å². The second kappa shape index (κ2) is 5.94. The molecule has 3 rings (SSSR count). The summed E-state index contributed by atoms with van der Waals surface area (Å²) in [6.45, 7) is 0. The van der Waals surface area contributed by atoms with E-state index in [4.69, 9.17) is 5.73 Å². The third-order valence-corrected chi connectivity index (χ3v) is 3.77. The zero-order valence-electron chi connectivity index (χ0n) is 11.5. The molecule has 0 saturated heterocycles. The highest BCUT2D eigenvalue weighted by molar-refractivity contribution is 5.21. The van der Waals surface area contributed by atoms with E-state index in [1.165, 1.54) is 19.3 Å². The molecule has 5 heteroatoms. The predicted octanol–water partition coefficient (Wildman–Crippen LogP) is 2.49. The Bertz CT molecular complexity index is 564. The summed E-state index contributed by atoms with van der Waals surface area (Å²) in [5.74, 6) is 2.39. The molecule has 1 saturated carbocycles. The lowest BCUT2D eigenvalue weighted by Gasteiger charge is -2.20. The lowest BCUT2D eigenvalue weighted by molar-refractivity contribution is 0.427. The fraction of sp³-hybridized carbons (Fsp3) is 0.467. The molecule has 1 fully saturated rings. The van der Waals surface area contributed by atoms with Gasteiger partial charge in [-0.2, -0.15) is 9.97 Å². The summed E-state index contributed by atoms with van der Waals surface area (Å²) in [5, 5.41) is 0. The molecule has 0 atom stereocenters. The number of aromatic nitrogens is 4. The van der Waals surface area contributed by atoms with Crippen molar-refractivity contribution < 1.29 is 0 Å². The van der Waals surface area contributed by atoms with Crippen LogP contribution in [0.25, 0.3) is 0 Å². The van der Waals surface area contributed by atoms with Crippen molar-refractivity contribution in [2.24, 2.45) is 0 Å². The summed E-state index contributed by atoms with van der Waals surface area (Å²) >= 11 is 0. The van der Waals surface area contributed by atoms with Gasteiger partial charge in [0.05, 0.1) is 0 Å². The molecule has 0 bridgehead atoms. The van der Waals surface area contributed by atoms with Crippen LogP contribution in [-0.2, 0) is 6.42 Å². The molecule has 5 nitrogen and oxygen atoms in total. The summed E-state index contributed by atoms with van der Waals surface area (Å²) in [5.41, 5.74) is 6.93. The smallest absolute Gasteiger partial charge is 0.223 e. The van der Waals surface area contributed by atoms with E-state index in [0.717, 1.165) is 30.1 Å². The molecule has 2 aromatic heterocycles. The number of hydrogen-bond acceptors (Lipinski definition) is 5. The first-order valence-corrected chi connectivity index (χ1v) is 7.20. The Balaban J connectivity index is 1.82. The highest BCUT2D eigenvalue weighted by Crippen LogP contribution is 2.30. The maximum absolute atomic E-state index is 5.84. The lowest BCUT2D eigenvalue weighted by atomic mass is 9.89. The minimum atomic E-state index is 0.333. The SMILES string of the molecule is Nc1nc(Cc2cccnc2)nc(C2CCCCC2)n1. The first kappa shape index (κ1) is 13.0. The van der Waals surface area contributed by atoms with E-state index in [9.17, 15) is 0 Å². The number of pyridine rings is 1. The normalized spacial score (nSPS) is 16.2. The minimum Gasteiger partial charge on any atom is -0.368 e. The Morgan fingerprint density at radius 1 is 1.10 bits per heavy atom. The molecule has 1 aliphatic carbocycles. The second-order valence-corrected chi connectivity index (χ2v) is 5.34. The van der Waals surface area contributed by atoms with Gasteiger partial charge in [-0.3, -0.25) is 4.98 Å². The zero-order valence-corrected chi connectivity index (χ0v) is 11.5. The Kier molecular flexibility index (Phi) is 3.85. The first-order valence-electron chi connectivity index (χ1n) is 7.20. The third-order valence-electron chi connectivity index (χ3n) is 3.77. The van der Waals surface area contributed by atoms with Crippen LogP contribution in [0.15, 0.2) is 24.5 Å². The molecule has 0 spiro atoms.